The van der Waals surface area contributed by atoms with Crippen molar-refractivity contribution in [3.8, 4) is 0 Å². The lowest BCUT2D eigenvalue weighted by molar-refractivity contribution is 0.183. The SMILES string of the molecule is CCC(C)N(CC)Cc1cc(CNC(C)C)no1. The third kappa shape index (κ3) is 4.78. The van der Waals surface area contributed by atoms with Gasteiger partial charge in [-0.25, -0.2) is 0 Å². The standard InChI is InChI=1S/C14H27N3O/c1-6-12(5)17(7-2)10-14-8-13(16-18-14)9-15-11(3)4/h8,11-12,15H,6-7,9-10H2,1-5H3. The zero-order valence-electron chi connectivity index (χ0n) is 12.4. The summed E-state index contributed by atoms with van der Waals surface area (Å²) in [7, 11) is 0. The highest BCUT2D eigenvalue weighted by molar-refractivity contribution is 5.05. The first-order chi connectivity index (χ1) is 8.56. The van der Waals surface area contributed by atoms with E-state index in [1.807, 2.05) is 0 Å². The molecule has 1 aromatic rings. The van der Waals surface area contributed by atoms with Gasteiger partial charge in [0, 0.05) is 24.7 Å². The first-order valence-corrected chi connectivity index (χ1v) is 6.98. The van der Waals surface area contributed by atoms with Gasteiger partial charge >= 0.3 is 0 Å². The Morgan fingerprint density at radius 3 is 2.61 bits per heavy atom. The van der Waals surface area contributed by atoms with E-state index in [0.29, 0.717) is 12.1 Å². The highest BCUT2D eigenvalue weighted by Gasteiger charge is 2.13. The van der Waals surface area contributed by atoms with Crippen LogP contribution in [0.2, 0.25) is 0 Å². The monoisotopic (exact) mass is 253 g/mol. The smallest absolute Gasteiger partial charge is 0.151 e. The summed E-state index contributed by atoms with van der Waals surface area (Å²) in [5.74, 6) is 0.956. The fourth-order valence-electron chi connectivity index (χ4n) is 1.86. The van der Waals surface area contributed by atoms with Gasteiger partial charge in [0.2, 0.25) is 0 Å². The summed E-state index contributed by atoms with van der Waals surface area (Å²) >= 11 is 0. The van der Waals surface area contributed by atoms with Gasteiger partial charge in [-0.15, -0.1) is 0 Å². The summed E-state index contributed by atoms with van der Waals surface area (Å²) in [6, 6.07) is 3.11. The molecular formula is C14H27N3O. The Morgan fingerprint density at radius 2 is 2.06 bits per heavy atom. The number of rotatable bonds is 8. The van der Waals surface area contributed by atoms with Crippen molar-refractivity contribution < 1.29 is 4.52 Å². The minimum atomic E-state index is 0.470. The van der Waals surface area contributed by atoms with Gasteiger partial charge in [-0.2, -0.15) is 0 Å². The summed E-state index contributed by atoms with van der Waals surface area (Å²) in [5, 5.41) is 7.44. The zero-order chi connectivity index (χ0) is 13.5. The predicted octanol–water partition coefficient (Wildman–Crippen LogP) is 2.79. The minimum Gasteiger partial charge on any atom is -0.360 e. The predicted molar refractivity (Wildman–Crippen MR) is 74.3 cm³/mol. The average Bonchev–Trinajstić information content (AvgIpc) is 2.80. The van der Waals surface area contributed by atoms with Gasteiger partial charge in [-0.1, -0.05) is 32.9 Å². The molecule has 18 heavy (non-hydrogen) atoms. The lowest BCUT2D eigenvalue weighted by Crippen LogP contribution is -2.31. The number of nitrogens with one attached hydrogen (secondary N) is 1. The normalized spacial score (nSPS) is 13.5. The summed E-state index contributed by atoms with van der Waals surface area (Å²) in [6.07, 6.45) is 1.16. The van der Waals surface area contributed by atoms with E-state index in [2.05, 4.69) is 56.1 Å². The summed E-state index contributed by atoms with van der Waals surface area (Å²) in [4.78, 5) is 2.40. The van der Waals surface area contributed by atoms with E-state index in [1.54, 1.807) is 0 Å². The third-order valence-corrected chi connectivity index (χ3v) is 3.28. The second-order valence-electron chi connectivity index (χ2n) is 5.14. The molecule has 0 saturated carbocycles. The molecule has 0 bridgehead atoms. The molecule has 0 aromatic carbocycles. The molecule has 0 aliphatic rings. The van der Waals surface area contributed by atoms with Crippen LogP contribution in [0.1, 0.15) is 52.5 Å². The molecule has 0 radical (unpaired) electrons. The zero-order valence-corrected chi connectivity index (χ0v) is 12.4. The number of hydrogen-bond donors (Lipinski definition) is 1. The van der Waals surface area contributed by atoms with Crippen LogP contribution in [-0.2, 0) is 13.1 Å². The first-order valence-electron chi connectivity index (χ1n) is 6.98. The number of hydrogen-bond acceptors (Lipinski definition) is 4. The van der Waals surface area contributed by atoms with Crippen LogP contribution in [0.25, 0.3) is 0 Å². The minimum absolute atomic E-state index is 0.470. The first kappa shape index (κ1) is 15.2. The molecule has 0 fully saturated rings. The van der Waals surface area contributed by atoms with Crippen molar-refractivity contribution in [1.82, 2.24) is 15.4 Å². The van der Waals surface area contributed by atoms with Crippen LogP contribution in [0, 0.1) is 0 Å². The Morgan fingerprint density at radius 1 is 1.33 bits per heavy atom. The van der Waals surface area contributed by atoms with Crippen LogP contribution >= 0.6 is 0 Å². The van der Waals surface area contributed by atoms with Gasteiger partial charge in [-0.3, -0.25) is 4.90 Å². The van der Waals surface area contributed by atoms with Crippen molar-refractivity contribution in [2.75, 3.05) is 6.54 Å². The maximum absolute atomic E-state index is 5.39. The van der Waals surface area contributed by atoms with E-state index in [9.17, 15) is 0 Å². The van der Waals surface area contributed by atoms with Crippen molar-refractivity contribution in [2.45, 2.75) is 66.2 Å². The summed E-state index contributed by atoms with van der Waals surface area (Å²) in [6.45, 7) is 13.6. The maximum Gasteiger partial charge on any atom is 0.151 e. The molecule has 0 saturated heterocycles. The fraction of sp³-hybridized carbons (Fsp3) is 0.786. The molecule has 0 spiro atoms. The molecule has 1 rings (SSSR count). The molecular weight excluding hydrogens is 226 g/mol. The van der Waals surface area contributed by atoms with Crippen LogP contribution in [0.3, 0.4) is 0 Å². The quantitative estimate of drug-likeness (QED) is 0.773. The molecule has 104 valence electrons. The van der Waals surface area contributed by atoms with E-state index in [0.717, 1.165) is 37.5 Å². The van der Waals surface area contributed by atoms with Crippen molar-refractivity contribution in [3.05, 3.63) is 17.5 Å². The van der Waals surface area contributed by atoms with E-state index in [-0.39, 0.29) is 0 Å². The molecule has 0 aliphatic carbocycles. The maximum atomic E-state index is 5.39. The Balaban J connectivity index is 2.51. The van der Waals surface area contributed by atoms with Gasteiger partial charge in [-0.05, 0) is 19.9 Å². The van der Waals surface area contributed by atoms with Crippen LogP contribution in [0.15, 0.2) is 10.6 Å². The molecule has 1 heterocycles. The van der Waals surface area contributed by atoms with Gasteiger partial charge in [0.25, 0.3) is 0 Å². The van der Waals surface area contributed by atoms with Crippen LogP contribution in [0.5, 0.6) is 0 Å². The number of nitrogens with zero attached hydrogens (tertiary/aromatic N) is 2. The second kappa shape index (κ2) is 7.54. The molecule has 0 amide bonds. The molecule has 1 unspecified atom stereocenters. The molecule has 4 nitrogen and oxygen atoms in total. The number of aromatic nitrogens is 1. The van der Waals surface area contributed by atoms with Crippen molar-refractivity contribution in [3.63, 3.8) is 0 Å². The molecule has 0 aliphatic heterocycles. The molecule has 1 N–H and O–H groups in total. The highest BCUT2D eigenvalue weighted by Crippen LogP contribution is 2.11. The van der Waals surface area contributed by atoms with Crippen molar-refractivity contribution >= 4 is 0 Å². The second-order valence-corrected chi connectivity index (χ2v) is 5.14. The third-order valence-electron chi connectivity index (χ3n) is 3.28. The Bertz CT molecular complexity index is 336. The molecule has 1 atom stereocenters. The Kier molecular flexibility index (Phi) is 6.36. The van der Waals surface area contributed by atoms with E-state index < -0.39 is 0 Å². The van der Waals surface area contributed by atoms with Gasteiger partial charge < -0.3 is 9.84 Å². The van der Waals surface area contributed by atoms with Gasteiger partial charge in [0.15, 0.2) is 5.76 Å². The lowest BCUT2D eigenvalue weighted by Gasteiger charge is -2.25. The van der Waals surface area contributed by atoms with Gasteiger partial charge in [0.1, 0.15) is 0 Å². The topological polar surface area (TPSA) is 41.3 Å². The van der Waals surface area contributed by atoms with Crippen molar-refractivity contribution in [1.29, 1.82) is 0 Å². The summed E-state index contributed by atoms with van der Waals surface area (Å²) < 4.78 is 5.39. The lowest BCUT2D eigenvalue weighted by atomic mass is 10.2. The molecule has 4 heteroatoms. The van der Waals surface area contributed by atoms with E-state index >= 15 is 0 Å². The van der Waals surface area contributed by atoms with Gasteiger partial charge in [0.05, 0.1) is 12.2 Å². The largest absolute Gasteiger partial charge is 0.360 e. The van der Waals surface area contributed by atoms with E-state index in [1.165, 1.54) is 0 Å². The van der Waals surface area contributed by atoms with Crippen molar-refractivity contribution in [2.24, 2.45) is 0 Å². The van der Waals surface area contributed by atoms with Crippen LogP contribution in [0.4, 0.5) is 0 Å². The Hall–Kier alpha value is -0.870. The van der Waals surface area contributed by atoms with E-state index in [4.69, 9.17) is 4.52 Å². The average molecular weight is 253 g/mol. The highest BCUT2D eigenvalue weighted by atomic mass is 16.5. The van der Waals surface area contributed by atoms with Crippen LogP contribution < -0.4 is 5.32 Å². The van der Waals surface area contributed by atoms with Crippen LogP contribution in [-0.4, -0.2) is 28.7 Å². The Labute approximate surface area is 111 Å². The fourth-order valence-corrected chi connectivity index (χ4v) is 1.86. The summed E-state index contributed by atoms with van der Waals surface area (Å²) in [5.41, 5.74) is 0.985. The molecule has 1 aromatic heterocycles.